The minimum atomic E-state index is -1.43. The lowest BCUT2D eigenvalue weighted by Gasteiger charge is -2.13. The molecule has 1 heterocycles. The first-order valence-electron chi connectivity index (χ1n) is 4.58. The van der Waals surface area contributed by atoms with E-state index in [1.165, 1.54) is 0 Å². The van der Waals surface area contributed by atoms with E-state index in [0.717, 1.165) is 5.56 Å². The SMILES string of the molecule is O=C1NCC(c2ccc(C(Cl)(Cl)Cl)cc2)O1. The molecule has 1 aliphatic heterocycles. The van der Waals surface area contributed by atoms with E-state index in [4.69, 9.17) is 39.5 Å². The summed E-state index contributed by atoms with van der Waals surface area (Å²) in [5.74, 6) is 0. The first kappa shape index (κ1) is 11.8. The fourth-order valence-electron chi connectivity index (χ4n) is 1.46. The molecule has 1 saturated heterocycles. The van der Waals surface area contributed by atoms with E-state index in [9.17, 15) is 4.79 Å². The van der Waals surface area contributed by atoms with Crippen molar-refractivity contribution in [1.29, 1.82) is 0 Å². The summed E-state index contributed by atoms with van der Waals surface area (Å²) in [4.78, 5) is 10.9. The lowest BCUT2D eigenvalue weighted by molar-refractivity contribution is 0.141. The van der Waals surface area contributed by atoms with Gasteiger partial charge in [0.25, 0.3) is 0 Å². The highest BCUT2D eigenvalue weighted by molar-refractivity contribution is 6.66. The monoisotopic (exact) mass is 279 g/mol. The van der Waals surface area contributed by atoms with Gasteiger partial charge >= 0.3 is 6.09 Å². The number of cyclic esters (lactones) is 1. The molecule has 0 saturated carbocycles. The third-order valence-electron chi connectivity index (χ3n) is 2.29. The highest BCUT2D eigenvalue weighted by Gasteiger charge is 2.26. The van der Waals surface area contributed by atoms with Crippen molar-refractivity contribution < 1.29 is 9.53 Å². The molecule has 1 aromatic rings. The van der Waals surface area contributed by atoms with E-state index in [-0.39, 0.29) is 6.10 Å². The number of rotatable bonds is 1. The van der Waals surface area contributed by atoms with Gasteiger partial charge < -0.3 is 10.1 Å². The van der Waals surface area contributed by atoms with Crippen LogP contribution in [0.3, 0.4) is 0 Å². The normalized spacial score (nSPS) is 20.4. The number of alkyl halides is 3. The molecular weight excluding hydrogens is 272 g/mol. The number of hydrogen-bond donors (Lipinski definition) is 1. The number of carbonyl (C=O) groups excluding carboxylic acids is 1. The van der Waals surface area contributed by atoms with Crippen LogP contribution in [-0.4, -0.2) is 12.6 Å². The number of carbonyl (C=O) groups is 1. The number of benzene rings is 1. The molecule has 1 fully saturated rings. The van der Waals surface area contributed by atoms with E-state index in [0.29, 0.717) is 12.1 Å². The van der Waals surface area contributed by atoms with E-state index in [1.807, 2.05) is 0 Å². The van der Waals surface area contributed by atoms with Crippen LogP contribution >= 0.6 is 34.8 Å². The van der Waals surface area contributed by atoms with Gasteiger partial charge in [-0.05, 0) is 5.56 Å². The molecule has 0 radical (unpaired) electrons. The third kappa shape index (κ3) is 2.54. The van der Waals surface area contributed by atoms with Crippen molar-refractivity contribution in [3.63, 3.8) is 0 Å². The second-order valence-electron chi connectivity index (χ2n) is 3.39. The standard InChI is InChI=1S/C10H8Cl3NO2/c11-10(12,13)7-3-1-6(2-4-7)8-5-14-9(15)16-8/h1-4,8H,5H2,(H,14,15). The number of nitrogens with one attached hydrogen (secondary N) is 1. The fourth-order valence-corrected chi connectivity index (χ4v) is 1.84. The van der Waals surface area contributed by atoms with Crippen LogP contribution in [0.15, 0.2) is 24.3 Å². The van der Waals surface area contributed by atoms with E-state index in [2.05, 4.69) is 5.32 Å². The number of amides is 1. The molecule has 0 spiro atoms. The third-order valence-corrected chi connectivity index (χ3v) is 2.95. The minimum absolute atomic E-state index is 0.267. The van der Waals surface area contributed by atoms with Gasteiger partial charge in [-0.25, -0.2) is 4.79 Å². The maximum absolute atomic E-state index is 10.9. The van der Waals surface area contributed by atoms with Crippen molar-refractivity contribution in [1.82, 2.24) is 5.32 Å². The Labute approximate surface area is 108 Å². The number of hydrogen-bond acceptors (Lipinski definition) is 2. The molecule has 1 aliphatic rings. The maximum Gasteiger partial charge on any atom is 0.407 e. The molecule has 6 heteroatoms. The predicted octanol–water partition coefficient (Wildman–Crippen LogP) is 3.29. The first-order valence-corrected chi connectivity index (χ1v) is 5.72. The highest BCUT2D eigenvalue weighted by Crippen LogP contribution is 2.38. The van der Waals surface area contributed by atoms with Crippen molar-refractivity contribution in [3.8, 4) is 0 Å². The highest BCUT2D eigenvalue weighted by atomic mass is 35.6. The van der Waals surface area contributed by atoms with Gasteiger partial charge in [0.15, 0.2) is 0 Å². The molecule has 2 rings (SSSR count). The average Bonchev–Trinajstić information content (AvgIpc) is 2.64. The molecule has 0 aliphatic carbocycles. The molecule has 0 aromatic heterocycles. The summed E-state index contributed by atoms with van der Waals surface area (Å²) in [6.07, 6.45) is -0.674. The Morgan fingerprint density at radius 2 is 1.88 bits per heavy atom. The molecule has 1 amide bonds. The summed E-state index contributed by atoms with van der Waals surface area (Å²) in [5.41, 5.74) is 1.45. The fraction of sp³-hybridized carbons (Fsp3) is 0.300. The van der Waals surface area contributed by atoms with Gasteiger partial charge in [0.2, 0.25) is 3.79 Å². The van der Waals surface area contributed by atoms with Crippen LogP contribution in [0, 0.1) is 0 Å². The van der Waals surface area contributed by atoms with Gasteiger partial charge in [0, 0.05) is 5.56 Å². The Hall–Kier alpha value is -0.640. The first-order chi connectivity index (χ1) is 7.47. The van der Waals surface area contributed by atoms with E-state index >= 15 is 0 Å². The second kappa shape index (κ2) is 4.32. The molecule has 3 nitrogen and oxygen atoms in total. The lowest BCUT2D eigenvalue weighted by atomic mass is 10.1. The molecule has 1 unspecified atom stereocenters. The Morgan fingerprint density at radius 3 is 2.31 bits per heavy atom. The summed E-state index contributed by atoms with van der Waals surface area (Å²) in [5, 5.41) is 2.57. The zero-order chi connectivity index (χ0) is 11.8. The Kier molecular flexibility index (Phi) is 3.19. The van der Waals surface area contributed by atoms with Gasteiger partial charge in [-0.2, -0.15) is 0 Å². The zero-order valence-corrected chi connectivity index (χ0v) is 10.3. The zero-order valence-electron chi connectivity index (χ0n) is 8.04. The van der Waals surface area contributed by atoms with Crippen molar-refractivity contribution in [2.75, 3.05) is 6.54 Å². The second-order valence-corrected chi connectivity index (χ2v) is 5.68. The van der Waals surface area contributed by atoms with E-state index < -0.39 is 9.89 Å². The summed E-state index contributed by atoms with van der Waals surface area (Å²) < 4.78 is 3.60. The van der Waals surface area contributed by atoms with Crippen LogP contribution < -0.4 is 5.32 Å². The number of halogens is 3. The summed E-state index contributed by atoms with van der Waals surface area (Å²) in [6.45, 7) is 0.464. The predicted molar refractivity (Wildman–Crippen MR) is 62.9 cm³/mol. The Bertz CT molecular complexity index is 400. The lowest BCUT2D eigenvalue weighted by Crippen LogP contribution is -2.12. The van der Waals surface area contributed by atoms with Crippen molar-refractivity contribution in [2.24, 2.45) is 0 Å². The number of alkyl carbamates (subject to hydrolysis) is 1. The average molecular weight is 281 g/mol. The summed E-state index contributed by atoms with van der Waals surface area (Å²) >= 11 is 17.2. The van der Waals surface area contributed by atoms with Gasteiger partial charge in [-0.15, -0.1) is 0 Å². The van der Waals surface area contributed by atoms with Gasteiger partial charge in [-0.3, -0.25) is 0 Å². The van der Waals surface area contributed by atoms with Crippen molar-refractivity contribution in [3.05, 3.63) is 35.4 Å². The van der Waals surface area contributed by atoms with Crippen LogP contribution in [-0.2, 0) is 8.53 Å². The summed E-state index contributed by atoms with van der Waals surface area (Å²) in [6, 6.07) is 6.97. The van der Waals surface area contributed by atoms with Crippen molar-refractivity contribution in [2.45, 2.75) is 9.90 Å². The number of ether oxygens (including phenoxy) is 1. The van der Waals surface area contributed by atoms with Crippen LogP contribution in [0.4, 0.5) is 4.79 Å². The summed E-state index contributed by atoms with van der Waals surface area (Å²) in [7, 11) is 0. The largest absolute Gasteiger partial charge is 0.439 e. The van der Waals surface area contributed by atoms with Gasteiger partial charge in [0.1, 0.15) is 6.10 Å². The minimum Gasteiger partial charge on any atom is -0.439 e. The van der Waals surface area contributed by atoms with Gasteiger partial charge in [0.05, 0.1) is 6.54 Å². The topological polar surface area (TPSA) is 38.3 Å². The molecule has 1 aromatic carbocycles. The Balaban J connectivity index is 2.17. The van der Waals surface area contributed by atoms with E-state index in [1.54, 1.807) is 24.3 Å². The molecular formula is C10H8Cl3NO2. The maximum atomic E-state index is 10.9. The van der Waals surface area contributed by atoms with Crippen LogP contribution in [0.1, 0.15) is 17.2 Å². The molecule has 1 N–H and O–H groups in total. The van der Waals surface area contributed by atoms with Crippen molar-refractivity contribution >= 4 is 40.9 Å². The van der Waals surface area contributed by atoms with Crippen LogP contribution in [0.2, 0.25) is 0 Å². The smallest absolute Gasteiger partial charge is 0.407 e. The van der Waals surface area contributed by atoms with Crippen LogP contribution in [0.25, 0.3) is 0 Å². The van der Waals surface area contributed by atoms with Gasteiger partial charge in [-0.1, -0.05) is 59.1 Å². The Morgan fingerprint density at radius 1 is 1.25 bits per heavy atom. The molecule has 1 atom stereocenters. The molecule has 0 bridgehead atoms. The quantitative estimate of drug-likeness (QED) is 0.802. The molecule has 16 heavy (non-hydrogen) atoms. The van der Waals surface area contributed by atoms with Crippen LogP contribution in [0.5, 0.6) is 0 Å². The molecule has 86 valence electrons.